The van der Waals surface area contributed by atoms with Gasteiger partial charge in [-0.25, -0.2) is 0 Å². The lowest BCUT2D eigenvalue weighted by Gasteiger charge is -2.13. The first-order valence-electron chi connectivity index (χ1n) is 6.13. The van der Waals surface area contributed by atoms with Crippen molar-refractivity contribution in [3.63, 3.8) is 0 Å². The summed E-state index contributed by atoms with van der Waals surface area (Å²) in [5.74, 6) is 0.520. The number of hydrogen-bond donors (Lipinski definition) is 1. The second-order valence-corrected chi connectivity index (χ2v) is 5.02. The summed E-state index contributed by atoms with van der Waals surface area (Å²) < 4.78 is 11.0. The highest BCUT2D eigenvalue weighted by Gasteiger charge is 2.09. The molecule has 0 atom stereocenters. The Balaban J connectivity index is 1.91. The number of ether oxygens (including phenoxy) is 2. The van der Waals surface area contributed by atoms with E-state index in [1.165, 1.54) is 0 Å². The molecule has 2 aromatic carbocycles. The van der Waals surface area contributed by atoms with Gasteiger partial charge in [-0.1, -0.05) is 53.5 Å². The third-order valence-electron chi connectivity index (χ3n) is 2.70. The van der Waals surface area contributed by atoms with Crippen LogP contribution in [-0.4, -0.2) is 6.79 Å². The molecule has 0 bridgehead atoms. The van der Waals surface area contributed by atoms with Crippen LogP contribution in [0.4, 0.5) is 0 Å². The number of benzene rings is 2. The lowest BCUT2D eigenvalue weighted by Crippen LogP contribution is -2.07. The van der Waals surface area contributed by atoms with Gasteiger partial charge in [-0.3, -0.25) is 0 Å². The summed E-state index contributed by atoms with van der Waals surface area (Å²) in [5, 5.41) is 0.967. The first-order valence-corrected chi connectivity index (χ1v) is 6.88. The standard InChI is InChI=1S/C15H15Cl2NO2/c16-13-6-12(8-18)15(14(17)7-13)20-10-19-9-11-4-2-1-3-5-11/h1-7H,8-10,18H2. The summed E-state index contributed by atoms with van der Waals surface area (Å²) >= 11 is 12.0. The van der Waals surface area contributed by atoms with Gasteiger partial charge in [-0.05, 0) is 17.7 Å². The maximum absolute atomic E-state index is 6.09. The van der Waals surface area contributed by atoms with Crippen LogP contribution in [0.1, 0.15) is 11.1 Å². The molecular weight excluding hydrogens is 297 g/mol. The van der Waals surface area contributed by atoms with Gasteiger partial charge in [0.25, 0.3) is 0 Å². The Morgan fingerprint density at radius 3 is 2.50 bits per heavy atom. The van der Waals surface area contributed by atoms with Gasteiger partial charge < -0.3 is 15.2 Å². The van der Waals surface area contributed by atoms with Crippen molar-refractivity contribution in [2.24, 2.45) is 5.73 Å². The zero-order valence-electron chi connectivity index (χ0n) is 10.8. The molecule has 0 radical (unpaired) electrons. The van der Waals surface area contributed by atoms with Gasteiger partial charge in [0.15, 0.2) is 6.79 Å². The average molecular weight is 312 g/mol. The predicted octanol–water partition coefficient (Wildman–Crippen LogP) is 4.01. The maximum Gasteiger partial charge on any atom is 0.189 e. The van der Waals surface area contributed by atoms with Gasteiger partial charge in [0.1, 0.15) is 5.75 Å². The van der Waals surface area contributed by atoms with Crippen molar-refractivity contribution in [2.45, 2.75) is 13.2 Å². The molecule has 0 spiro atoms. The van der Waals surface area contributed by atoms with Crippen molar-refractivity contribution in [2.75, 3.05) is 6.79 Å². The van der Waals surface area contributed by atoms with Gasteiger partial charge >= 0.3 is 0 Å². The Kier molecular flexibility index (Phi) is 5.68. The molecule has 0 aliphatic carbocycles. The smallest absolute Gasteiger partial charge is 0.189 e. The van der Waals surface area contributed by atoms with Crippen molar-refractivity contribution in [1.82, 2.24) is 0 Å². The van der Waals surface area contributed by atoms with E-state index in [1.54, 1.807) is 12.1 Å². The Labute approximate surface area is 128 Å². The van der Waals surface area contributed by atoms with E-state index in [0.717, 1.165) is 11.1 Å². The zero-order chi connectivity index (χ0) is 14.4. The first kappa shape index (κ1) is 15.1. The van der Waals surface area contributed by atoms with Gasteiger partial charge in [-0.2, -0.15) is 0 Å². The number of halogens is 2. The van der Waals surface area contributed by atoms with Crippen molar-refractivity contribution in [1.29, 1.82) is 0 Å². The van der Waals surface area contributed by atoms with E-state index in [2.05, 4.69) is 0 Å². The van der Waals surface area contributed by atoms with Crippen LogP contribution >= 0.6 is 23.2 Å². The number of nitrogens with two attached hydrogens (primary N) is 1. The summed E-state index contributed by atoms with van der Waals surface area (Å²) in [6, 6.07) is 13.2. The van der Waals surface area contributed by atoms with Crippen LogP contribution < -0.4 is 10.5 Å². The van der Waals surface area contributed by atoms with E-state index >= 15 is 0 Å². The molecule has 0 aromatic heterocycles. The highest BCUT2D eigenvalue weighted by atomic mass is 35.5. The minimum atomic E-state index is 0.100. The Bertz CT molecular complexity index is 561. The lowest BCUT2D eigenvalue weighted by molar-refractivity contribution is 0.00460. The highest BCUT2D eigenvalue weighted by molar-refractivity contribution is 6.35. The second kappa shape index (κ2) is 7.50. The molecule has 0 unspecified atom stereocenters. The maximum atomic E-state index is 6.09. The summed E-state index contributed by atoms with van der Waals surface area (Å²) in [6.45, 7) is 0.877. The van der Waals surface area contributed by atoms with E-state index in [1.807, 2.05) is 30.3 Å². The topological polar surface area (TPSA) is 44.5 Å². The minimum absolute atomic E-state index is 0.100. The van der Waals surface area contributed by atoms with E-state index in [9.17, 15) is 0 Å². The molecule has 0 aliphatic heterocycles. The summed E-state index contributed by atoms with van der Waals surface area (Å²) in [5.41, 5.74) is 7.48. The Hall–Kier alpha value is -1.26. The molecule has 106 valence electrons. The molecule has 20 heavy (non-hydrogen) atoms. The van der Waals surface area contributed by atoms with Crippen LogP contribution in [0.25, 0.3) is 0 Å². The molecule has 0 fully saturated rings. The number of rotatable bonds is 6. The van der Waals surface area contributed by atoms with Crippen molar-refractivity contribution in [3.05, 3.63) is 63.6 Å². The fourth-order valence-electron chi connectivity index (χ4n) is 1.76. The van der Waals surface area contributed by atoms with Gasteiger partial charge in [-0.15, -0.1) is 0 Å². The zero-order valence-corrected chi connectivity index (χ0v) is 12.3. The van der Waals surface area contributed by atoms with E-state index in [-0.39, 0.29) is 6.79 Å². The summed E-state index contributed by atoms with van der Waals surface area (Å²) in [7, 11) is 0. The first-order chi connectivity index (χ1) is 9.70. The van der Waals surface area contributed by atoms with Crippen molar-refractivity contribution in [3.8, 4) is 5.75 Å². The van der Waals surface area contributed by atoms with Gasteiger partial charge in [0.05, 0.1) is 11.6 Å². The van der Waals surface area contributed by atoms with Gasteiger partial charge in [0, 0.05) is 17.1 Å². The molecule has 0 saturated heterocycles. The summed E-state index contributed by atoms with van der Waals surface area (Å²) in [4.78, 5) is 0. The number of hydrogen-bond acceptors (Lipinski definition) is 3. The largest absolute Gasteiger partial charge is 0.466 e. The third kappa shape index (κ3) is 4.12. The fourth-order valence-corrected chi connectivity index (χ4v) is 2.35. The Morgan fingerprint density at radius 1 is 1.05 bits per heavy atom. The molecule has 2 rings (SSSR count). The molecule has 0 aliphatic rings. The molecule has 2 aromatic rings. The molecule has 0 saturated carbocycles. The molecule has 5 heteroatoms. The van der Waals surface area contributed by atoms with Gasteiger partial charge in [0.2, 0.25) is 0 Å². The minimum Gasteiger partial charge on any atom is -0.466 e. The van der Waals surface area contributed by atoms with Crippen LogP contribution in [0, 0.1) is 0 Å². The van der Waals surface area contributed by atoms with Crippen LogP contribution in [0.5, 0.6) is 5.75 Å². The molecular formula is C15H15Cl2NO2. The molecule has 3 nitrogen and oxygen atoms in total. The second-order valence-electron chi connectivity index (χ2n) is 4.18. The monoisotopic (exact) mass is 311 g/mol. The lowest BCUT2D eigenvalue weighted by atomic mass is 10.2. The molecule has 2 N–H and O–H groups in total. The van der Waals surface area contributed by atoms with E-state index in [0.29, 0.717) is 28.9 Å². The highest BCUT2D eigenvalue weighted by Crippen LogP contribution is 2.32. The molecule has 0 amide bonds. The summed E-state index contributed by atoms with van der Waals surface area (Å²) in [6.07, 6.45) is 0. The van der Waals surface area contributed by atoms with Crippen LogP contribution in [0.2, 0.25) is 10.0 Å². The van der Waals surface area contributed by atoms with E-state index in [4.69, 9.17) is 38.4 Å². The van der Waals surface area contributed by atoms with Crippen LogP contribution in [-0.2, 0) is 17.9 Å². The van der Waals surface area contributed by atoms with Crippen molar-refractivity contribution < 1.29 is 9.47 Å². The van der Waals surface area contributed by atoms with Crippen LogP contribution in [0.3, 0.4) is 0 Å². The Morgan fingerprint density at radius 2 is 1.80 bits per heavy atom. The predicted molar refractivity (Wildman–Crippen MR) is 81.1 cm³/mol. The average Bonchev–Trinajstić information content (AvgIpc) is 2.45. The quantitative estimate of drug-likeness (QED) is 0.647. The SMILES string of the molecule is NCc1cc(Cl)cc(Cl)c1OCOCc1ccccc1. The normalized spacial score (nSPS) is 10.6. The third-order valence-corrected chi connectivity index (χ3v) is 3.20. The van der Waals surface area contributed by atoms with Crippen LogP contribution in [0.15, 0.2) is 42.5 Å². The molecule has 0 heterocycles. The fraction of sp³-hybridized carbons (Fsp3) is 0.200. The van der Waals surface area contributed by atoms with Crippen molar-refractivity contribution >= 4 is 23.2 Å². The van der Waals surface area contributed by atoms with E-state index < -0.39 is 0 Å².